The summed E-state index contributed by atoms with van der Waals surface area (Å²) in [6.45, 7) is 2.06. The van der Waals surface area contributed by atoms with E-state index < -0.39 is 15.9 Å². The molecule has 0 aliphatic rings. The topological polar surface area (TPSA) is 89.3 Å². The van der Waals surface area contributed by atoms with Crippen LogP contribution in [0.5, 0.6) is 0 Å². The molecular formula is C16H27ClN2O3S. The fourth-order valence-electron chi connectivity index (χ4n) is 2.25. The van der Waals surface area contributed by atoms with E-state index in [2.05, 4.69) is 12.2 Å². The minimum atomic E-state index is -3.10. The third-order valence-electron chi connectivity index (χ3n) is 3.44. The second kappa shape index (κ2) is 10.6. The van der Waals surface area contributed by atoms with Gasteiger partial charge in [0.15, 0.2) is 0 Å². The molecule has 0 aromatic heterocycles. The van der Waals surface area contributed by atoms with Crippen LogP contribution in [0.15, 0.2) is 30.3 Å². The zero-order valence-electron chi connectivity index (χ0n) is 13.7. The first-order valence-electron chi connectivity index (χ1n) is 7.59. The zero-order chi connectivity index (χ0) is 16.6. The second-order valence-corrected chi connectivity index (χ2v) is 7.97. The van der Waals surface area contributed by atoms with E-state index >= 15 is 0 Å². The average Bonchev–Trinajstić information content (AvgIpc) is 2.45. The Bertz CT molecular complexity index is 564. The van der Waals surface area contributed by atoms with Crippen molar-refractivity contribution in [1.29, 1.82) is 0 Å². The number of amides is 1. The van der Waals surface area contributed by atoms with Crippen LogP contribution in [0, 0.1) is 0 Å². The Morgan fingerprint density at radius 2 is 1.83 bits per heavy atom. The molecule has 1 amide bonds. The van der Waals surface area contributed by atoms with Crippen molar-refractivity contribution in [3.63, 3.8) is 0 Å². The number of sulfone groups is 1. The molecule has 0 saturated heterocycles. The summed E-state index contributed by atoms with van der Waals surface area (Å²) < 4.78 is 22.3. The van der Waals surface area contributed by atoms with Crippen LogP contribution in [0.4, 0.5) is 0 Å². The highest BCUT2D eigenvalue weighted by Crippen LogP contribution is 2.08. The SMILES string of the molecule is CCCC(Cc1ccccc1)NC(=O)C(N)CCS(C)(=O)=O.Cl. The molecule has 0 heterocycles. The molecule has 0 spiro atoms. The molecule has 5 nitrogen and oxygen atoms in total. The van der Waals surface area contributed by atoms with E-state index in [1.54, 1.807) is 0 Å². The lowest BCUT2D eigenvalue weighted by molar-refractivity contribution is -0.123. The number of hydrogen-bond acceptors (Lipinski definition) is 4. The molecule has 0 saturated carbocycles. The van der Waals surface area contributed by atoms with Crippen molar-refractivity contribution >= 4 is 28.2 Å². The van der Waals surface area contributed by atoms with Crippen LogP contribution in [-0.4, -0.2) is 38.4 Å². The van der Waals surface area contributed by atoms with E-state index in [9.17, 15) is 13.2 Å². The fourth-order valence-corrected chi connectivity index (χ4v) is 2.93. The molecule has 1 aromatic carbocycles. The minimum absolute atomic E-state index is 0. The van der Waals surface area contributed by atoms with E-state index in [1.807, 2.05) is 30.3 Å². The minimum Gasteiger partial charge on any atom is -0.352 e. The van der Waals surface area contributed by atoms with Crippen molar-refractivity contribution in [1.82, 2.24) is 5.32 Å². The van der Waals surface area contributed by atoms with Gasteiger partial charge in [0.1, 0.15) is 9.84 Å². The van der Waals surface area contributed by atoms with Crippen LogP contribution in [0.25, 0.3) is 0 Å². The van der Waals surface area contributed by atoms with Gasteiger partial charge in [-0.3, -0.25) is 4.79 Å². The molecule has 0 radical (unpaired) electrons. The lowest BCUT2D eigenvalue weighted by Crippen LogP contribution is -2.46. The van der Waals surface area contributed by atoms with Gasteiger partial charge in [-0.15, -0.1) is 12.4 Å². The number of carbonyl (C=O) groups excluding carboxylic acids is 1. The predicted molar refractivity (Wildman–Crippen MR) is 96.5 cm³/mol. The van der Waals surface area contributed by atoms with Crippen molar-refractivity contribution in [2.75, 3.05) is 12.0 Å². The molecule has 0 aliphatic heterocycles. The summed E-state index contributed by atoms with van der Waals surface area (Å²) in [5.41, 5.74) is 6.94. The van der Waals surface area contributed by atoms with Crippen molar-refractivity contribution in [3.8, 4) is 0 Å². The summed E-state index contributed by atoms with van der Waals surface area (Å²) in [5.74, 6) is -0.350. The summed E-state index contributed by atoms with van der Waals surface area (Å²) >= 11 is 0. The van der Waals surface area contributed by atoms with Crippen LogP contribution in [0.2, 0.25) is 0 Å². The number of rotatable bonds is 9. The van der Waals surface area contributed by atoms with Crippen molar-refractivity contribution in [3.05, 3.63) is 35.9 Å². The highest BCUT2D eigenvalue weighted by atomic mass is 35.5. The number of hydrogen-bond donors (Lipinski definition) is 2. The Hall–Kier alpha value is -1.11. The van der Waals surface area contributed by atoms with Gasteiger partial charge >= 0.3 is 0 Å². The predicted octanol–water partition coefficient (Wildman–Crippen LogP) is 1.70. The number of halogens is 1. The molecule has 3 N–H and O–H groups in total. The van der Waals surface area contributed by atoms with E-state index in [-0.39, 0.29) is 36.5 Å². The van der Waals surface area contributed by atoms with Gasteiger partial charge in [-0.2, -0.15) is 0 Å². The Kier molecular flexibility index (Phi) is 10.1. The fraction of sp³-hybridized carbons (Fsp3) is 0.562. The summed E-state index contributed by atoms with van der Waals surface area (Å²) in [7, 11) is -3.10. The van der Waals surface area contributed by atoms with Gasteiger partial charge in [-0.1, -0.05) is 43.7 Å². The monoisotopic (exact) mass is 362 g/mol. The van der Waals surface area contributed by atoms with Crippen LogP contribution in [0.1, 0.15) is 31.7 Å². The Labute approximate surface area is 145 Å². The number of benzene rings is 1. The molecule has 23 heavy (non-hydrogen) atoms. The van der Waals surface area contributed by atoms with Gasteiger partial charge in [-0.05, 0) is 24.8 Å². The molecule has 0 fully saturated rings. The number of nitrogens with two attached hydrogens (primary N) is 1. The molecule has 7 heteroatoms. The van der Waals surface area contributed by atoms with Gasteiger partial charge in [-0.25, -0.2) is 8.42 Å². The zero-order valence-corrected chi connectivity index (χ0v) is 15.3. The molecule has 132 valence electrons. The van der Waals surface area contributed by atoms with Crippen LogP contribution >= 0.6 is 12.4 Å². The second-order valence-electron chi connectivity index (χ2n) is 5.71. The maximum absolute atomic E-state index is 12.1. The third kappa shape index (κ3) is 9.58. The maximum Gasteiger partial charge on any atom is 0.237 e. The molecule has 0 bridgehead atoms. The standard InChI is InChI=1S/C16H26N2O3S.ClH/c1-3-7-14(12-13-8-5-4-6-9-13)18-16(19)15(17)10-11-22(2,20)21;/h4-6,8-9,14-15H,3,7,10-12,17H2,1-2H3,(H,18,19);1H. The van der Waals surface area contributed by atoms with E-state index in [4.69, 9.17) is 5.73 Å². The summed E-state index contributed by atoms with van der Waals surface area (Å²) in [6.07, 6.45) is 3.86. The molecular weight excluding hydrogens is 336 g/mol. The molecule has 0 aliphatic carbocycles. The number of nitrogens with one attached hydrogen (secondary N) is 1. The molecule has 2 atom stereocenters. The smallest absolute Gasteiger partial charge is 0.237 e. The summed E-state index contributed by atoms with van der Waals surface area (Å²) in [5, 5.41) is 2.94. The van der Waals surface area contributed by atoms with Crippen molar-refractivity contribution in [2.45, 2.75) is 44.7 Å². The molecule has 1 rings (SSSR count). The van der Waals surface area contributed by atoms with Crippen LogP contribution in [-0.2, 0) is 21.1 Å². The lowest BCUT2D eigenvalue weighted by Gasteiger charge is -2.21. The Morgan fingerprint density at radius 3 is 2.35 bits per heavy atom. The first kappa shape index (κ1) is 21.9. The number of carbonyl (C=O) groups is 1. The van der Waals surface area contributed by atoms with Crippen molar-refractivity contribution < 1.29 is 13.2 Å². The first-order chi connectivity index (χ1) is 10.3. The Balaban J connectivity index is 0.00000484. The normalized spacial score (nSPS) is 13.7. The molecule has 2 unspecified atom stereocenters. The van der Waals surface area contributed by atoms with E-state index in [0.717, 1.165) is 31.1 Å². The van der Waals surface area contributed by atoms with Crippen LogP contribution < -0.4 is 11.1 Å². The maximum atomic E-state index is 12.1. The van der Waals surface area contributed by atoms with Gasteiger partial charge in [0.25, 0.3) is 0 Å². The van der Waals surface area contributed by atoms with Gasteiger partial charge in [0.2, 0.25) is 5.91 Å². The highest BCUT2D eigenvalue weighted by molar-refractivity contribution is 7.90. The van der Waals surface area contributed by atoms with Crippen molar-refractivity contribution in [2.24, 2.45) is 5.73 Å². The van der Waals surface area contributed by atoms with Crippen LogP contribution in [0.3, 0.4) is 0 Å². The van der Waals surface area contributed by atoms with Gasteiger partial charge in [0.05, 0.1) is 11.8 Å². The summed E-state index contributed by atoms with van der Waals surface area (Å²) in [4.78, 5) is 12.1. The van der Waals surface area contributed by atoms with E-state index in [0.29, 0.717) is 0 Å². The highest BCUT2D eigenvalue weighted by Gasteiger charge is 2.19. The largest absolute Gasteiger partial charge is 0.352 e. The van der Waals surface area contributed by atoms with Gasteiger partial charge < -0.3 is 11.1 Å². The van der Waals surface area contributed by atoms with E-state index in [1.165, 1.54) is 0 Å². The quantitative estimate of drug-likeness (QED) is 0.699. The lowest BCUT2D eigenvalue weighted by atomic mass is 10.0. The third-order valence-corrected chi connectivity index (χ3v) is 4.42. The molecule has 1 aromatic rings. The van der Waals surface area contributed by atoms with Gasteiger partial charge in [0, 0.05) is 12.3 Å². The first-order valence-corrected chi connectivity index (χ1v) is 9.65. The average molecular weight is 363 g/mol. The summed E-state index contributed by atoms with van der Waals surface area (Å²) in [6, 6.07) is 9.18. The Morgan fingerprint density at radius 1 is 1.22 bits per heavy atom.